The summed E-state index contributed by atoms with van der Waals surface area (Å²) in [6, 6.07) is 3.17. The number of carbonyl (C=O) groups is 1. The van der Waals surface area contributed by atoms with Crippen LogP contribution in [0.1, 0.15) is 22.1 Å². The fourth-order valence-electron chi connectivity index (χ4n) is 1.19. The summed E-state index contributed by atoms with van der Waals surface area (Å²) in [5, 5.41) is 6.23. The first-order valence-corrected chi connectivity index (χ1v) is 4.69. The predicted octanol–water partition coefficient (Wildman–Crippen LogP) is 1.33. The fourth-order valence-corrected chi connectivity index (χ4v) is 1.19. The Labute approximate surface area is 91.7 Å². The molecule has 0 unspecified atom stereocenters. The number of nitrogens with zero attached hydrogens (tertiary/aromatic N) is 3. The molecular formula is C10H10N4O2. The Morgan fingerprint density at radius 2 is 2.25 bits per heavy atom. The first kappa shape index (κ1) is 10.3. The molecule has 0 aliphatic rings. The molecule has 0 fully saturated rings. The second-order valence-electron chi connectivity index (χ2n) is 3.27. The Balaban J connectivity index is 2.14. The molecule has 1 N–H and O–H groups in total. The Morgan fingerprint density at radius 1 is 1.44 bits per heavy atom. The molecule has 0 spiro atoms. The lowest BCUT2D eigenvalue weighted by Crippen LogP contribution is -2.14. The van der Waals surface area contributed by atoms with Gasteiger partial charge in [0.25, 0.3) is 5.91 Å². The number of nitrogens with one attached hydrogen (secondary N) is 1. The molecule has 0 aliphatic carbocycles. The largest absolute Gasteiger partial charge is 0.360 e. The minimum Gasteiger partial charge on any atom is -0.360 e. The standard InChI is InChI=1S/C10H10N4O2/c1-6-5-9(14-16-6)13-10(15)8-3-4-11-7(2)12-8/h3-5H,1-2H3,(H,13,14,15). The molecule has 16 heavy (non-hydrogen) atoms. The molecule has 1 amide bonds. The van der Waals surface area contributed by atoms with E-state index >= 15 is 0 Å². The second kappa shape index (κ2) is 4.09. The van der Waals surface area contributed by atoms with Crippen LogP contribution in [0.25, 0.3) is 0 Å². The third-order valence-corrected chi connectivity index (χ3v) is 1.88. The Kier molecular flexibility index (Phi) is 2.63. The molecule has 2 heterocycles. The van der Waals surface area contributed by atoms with E-state index in [1.807, 2.05) is 0 Å². The quantitative estimate of drug-likeness (QED) is 0.822. The van der Waals surface area contributed by atoms with Gasteiger partial charge < -0.3 is 9.84 Å². The van der Waals surface area contributed by atoms with Crippen molar-refractivity contribution < 1.29 is 9.32 Å². The van der Waals surface area contributed by atoms with Gasteiger partial charge >= 0.3 is 0 Å². The van der Waals surface area contributed by atoms with E-state index in [2.05, 4.69) is 20.4 Å². The van der Waals surface area contributed by atoms with Gasteiger partial charge in [0.1, 0.15) is 17.3 Å². The molecular weight excluding hydrogens is 208 g/mol. The molecule has 0 bridgehead atoms. The van der Waals surface area contributed by atoms with Crippen molar-refractivity contribution in [3.63, 3.8) is 0 Å². The maximum Gasteiger partial charge on any atom is 0.275 e. The van der Waals surface area contributed by atoms with Gasteiger partial charge in [0, 0.05) is 12.3 Å². The highest BCUT2D eigenvalue weighted by Gasteiger charge is 2.10. The van der Waals surface area contributed by atoms with Crippen molar-refractivity contribution in [2.45, 2.75) is 13.8 Å². The lowest BCUT2D eigenvalue weighted by atomic mass is 10.3. The highest BCUT2D eigenvalue weighted by Crippen LogP contribution is 2.08. The summed E-state index contributed by atoms with van der Waals surface area (Å²) in [4.78, 5) is 19.6. The van der Waals surface area contributed by atoms with E-state index < -0.39 is 0 Å². The van der Waals surface area contributed by atoms with Gasteiger partial charge in [0.15, 0.2) is 5.82 Å². The Morgan fingerprint density at radius 3 is 2.88 bits per heavy atom. The summed E-state index contributed by atoms with van der Waals surface area (Å²) in [5.74, 6) is 1.22. The van der Waals surface area contributed by atoms with E-state index in [1.165, 1.54) is 12.3 Å². The van der Waals surface area contributed by atoms with E-state index in [-0.39, 0.29) is 5.91 Å². The number of hydrogen-bond donors (Lipinski definition) is 1. The van der Waals surface area contributed by atoms with Crippen LogP contribution in [0.4, 0.5) is 5.82 Å². The number of hydrogen-bond acceptors (Lipinski definition) is 5. The molecule has 0 aromatic carbocycles. The van der Waals surface area contributed by atoms with Gasteiger partial charge in [0.05, 0.1) is 0 Å². The van der Waals surface area contributed by atoms with Crippen molar-refractivity contribution in [3.05, 3.63) is 35.6 Å². The molecule has 0 radical (unpaired) electrons. The second-order valence-corrected chi connectivity index (χ2v) is 3.27. The minimum atomic E-state index is -0.334. The molecule has 2 rings (SSSR count). The van der Waals surface area contributed by atoms with Crippen molar-refractivity contribution in [3.8, 4) is 0 Å². The zero-order valence-corrected chi connectivity index (χ0v) is 8.89. The van der Waals surface area contributed by atoms with Crippen molar-refractivity contribution in [1.82, 2.24) is 15.1 Å². The van der Waals surface area contributed by atoms with Crippen molar-refractivity contribution >= 4 is 11.7 Å². The molecule has 0 saturated heterocycles. The monoisotopic (exact) mass is 218 g/mol. The van der Waals surface area contributed by atoms with Crippen molar-refractivity contribution in [1.29, 1.82) is 0 Å². The normalized spacial score (nSPS) is 10.1. The Bertz CT molecular complexity index is 521. The summed E-state index contributed by atoms with van der Waals surface area (Å²) in [5.41, 5.74) is 0.299. The number of aryl methyl sites for hydroxylation is 2. The number of carbonyl (C=O) groups excluding carboxylic acids is 1. The predicted molar refractivity (Wildman–Crippen MR) is 56.0 cm³/mol. The molecule has 6 heteroatoms. The van der Waals surface area contributed by atoms with E-state index in [1.54, 1.807) is 19.9 Å². The Hall–Kier alpha value is -2.24. The van der Waals surface area contributed by atoms with E-state index in [4.69, 9.17) is 4.52 Å². The van der Waals surface area contributed by atoms with Gasteiger partial charge in [-0.05, 0) is 19.9 Å². The fraction of sp³-hybridized carbons (Fsp3) is 0.200. The average molecular weight is 218 g/mol. The van der Waals surface area contributed by atoms with Gasteiger partial charge in [-0.25, -0.2) is 9.97 Å². The van der Waals surface area contributed by atoms with Crippen LogP contribution in [0.3, 0.4) is 0 Å². The third-order valence-electron chi connectivity index (χ3n) is 1.88. The summed E-state index contributed by atoms with van der Waals surface area (Å²) in [6.45, 7) is 3.47. The summed E-state index contributed by atoms with van der Waals surface area (Å²) < 4.78 is 4.83. The van der Waals surface area contributed by atoms with Crippen molar-refractivity contribution in [2.75, 3.05) is 5.32 Å². The maximum atomic E-state index is 11.7. The average Bonchev–Trinajstić information content (AvgIpc) is 2.64. The smallest absolute Gasteiger partial charge is 0.275 e. The van der Waals surface area contributed by atoms with Crippen LogP contribution in [0.15, 0.2) is 22.9 Å². The van der Waals surface area contributed by atoms with Crippen LogP contribution in [0.5, 0.6) is 0 Å². The van der Waals surface area contributed by atoms with E-state index in [0.717, 1.165) is 0 Å². The van der Waals surface area contributed by atoms with Crippen LogP contribution in [0.2, 0.25) is 0 Å². The number of aromatic nitrogens is 3. The zero-order chi connectivity index (χ0) is 11.5. The minimum absolute atomic E-state index is 0.299. The molecule has 2 aromatic heterocycles. The van der Waals surface area contributed by atoms with Gasteiger partial charge in [-0.1, -0.05) is 5.16 Å². The third kappa shape index (κ3) is 2.22. The summed E-state index contributed by atoms with van der Waals surface area (Å²) >= 11 is 0. The lowest BCUT2D eigenvalue weighted by Gasteiger charge is -2.00. The maximum absolute atomic E-state index is 11.7. The number of rotatable bonds is 2. The highest BCUT2D eigenvalue weighted by molar-refractivity contribution is 6.02. The first-order chi connectivity index (χ1) is 7.65. The lowest BCUT2D eigenvalue weighted by molar-refractivity contribution is 0.102. The van der Waals surface area contributed by atoms with E-state index in [9.17, 15) is 4.79 Å². The molecule has 6 nitrogen and oxygen atoms in total. The zero-order valence-electron chi connectivity index (χ0n) is 8.89. The first-order valence-electron chi connectivity index (χ1n) is 4.69. The van der Waals surface area contributed by atoms with Gasteiger partial charge in [-0.2, -0.15) is 0 Å². The summed E-state index contributed by atoms with van der Waals surface area (Å²) in [6.07, 6.45) is 1.53. The molecule has 82 valence electrons. The molecule has 0 aliphatic heterocycles. The number of amides is 1. The topological polar surface area (TPSA) is 80.9 Å². The molecule has 2 aromatic rings. The highest BCUT2D eigenvalue weighted by atomic mass is 16.5. The van der Waals surface area contributed by atoms with Crippen LogP contribution in [0, 0.1) is 13.8 Å². The molecule has 0 saturated carbocycles. The van der Waals surface area contributed by atoms with Crippen LogP contribution in [-0.2, 0) is 0 Å². The van der Waals surface area contributed by atoms with Gasteiger partial charge in [0.2, 0.25) is 0 Å². The van der Waals surface area contributed by atoms with Crippen LogP contribution >= 0.6 is 0 Å². The van der Waals surface area contributed by atoms with E-state index in [0.29, 0.717) is 23.1 Å². The summed E-state index contributed by atoms with van der Waals surface area (Å²) in [7, 11) is 0. The van der Waals surface area contributed by atoms with Crippen molar-refractivity contribution in [2.24, 2.45) is 0 Å². The molecule has 0 atom stereocenters. The van der Waals surface area contributed by atoms with Gasteiger partial charge in [-0.15, -0.1) is 0 Å². The SMILES string of the molecule is Cc1nccc(C(=O)Nc2cc(C)on2)n1. The van der Waals surface area contributed by atoms with Crippen LogP contribution < -0.4 is 5.32 Å². The van der Waals surface area contributed by atoms with Gasteiger partial charge in [-0.3, -0.25) is 4.79 Å². The van der Waals surface area contributed by atoms with Crippen LogP contribution in [-0.4, -0.2) is 21.0 Å². The number of anilines is 1.